The van der Waals surface area contributed by atoms with Gasteiger partial charge in [-0.2, -0.15) is 5.10 Å². The molecular weight excluding hydrogens is 216 g/mol. The van der Waals surface area contributed by atoms with Crippen molar-refractivity contribution in [3.8, 4) is 0 Å². The van der Waals surface area contributed by atoms with Crippen molar-refractivity contribution in [2.24, 2.45) is 7.05 Å². The van der Waals surface area contributed by atoms with Crippen molar-refractivity contribution >= 4 is 11.6 Å². The monoisotopic (exact) mass is 238 g/mol. The Morgan fingerprint density at radius 2 is 2.12 bits per heavy atom. The summed E-state index contributed by atoms with van der Waals surface area (Å²) in [5.41, 5.74) is 1.81. The number of anilines is 1. The first kappa shape index (κ1) is 13.5. The minimum absolute atomic E-state index is 0.0296. The molecule has 1 aromatic heterocycles. The Hall–Kier alpha value is -1.52. The molecule has 0 aromatic carbocycles. The van der Waals surface area contributed by atoms with Crippen molar-refractivity contribution < 1.29 is 4.79 Å². The van der Waals surface area contributed by atoms with Gasteiger partial charge in [0.2, 0.25) is 5.91 Å². The minimum atomic E-state index is 0.0296. The summed E-state index contributed by atoms with van der Waals surface area (Å²) in [4.78, 5) is 11.7. The van der Waals surface area contributed by atoms with Crippen LogP contribution in [0, 0.1) is 6.92 Å². The van der Waals surface area contributed by atoms with E-state index in [2.05, 4.69) is 29.6 Å². The van der Waals surface area contributed by atoms with Gasteiger partial charge in [0.15, 0.2) is 0 Å². The Balaban J connectivity index is 2.40. The molecule has 5 heteroatoms. The molecule has 5 nitrogen and oxygen atoms in total. The molecule has 0 saturated carbocycles. The van der Waals surface area contributed by atoms with E-state index in [1.54, 1.807) is 4.68 Å². The van der Waals surface area contributed by atoms with Gasteiger partial charge in [0.05, 0.1) is 17.9 Å². The highest BCUT2D eigenvalue weighted by atomic mass is 16.1. The number of nitrogens with one attached hydrogen (secondary N) is 2. The van der Waals surface area contributed by atoms with Crippen LogP contribution < -0.4 is 10.6 Å². The highest BCUT2D eigenvalue weighted by Gasteiger charge is 2.09. The van der Waals surface area contributed by atoms with Crippen LogP contribution >= 0.6 is 0 Å². The molecule has 96 valence electrons. The quantitative estimate of drug-likeness (QED) is 0.788. The van der Waals surface area contributed by atoms with Crippen molar-refractivity contribution in [3.63, 3.8) is 0 Å². The Labute approximate surface area is 103 Å². The number of amides is 1. The van der Waals surface area contributed by atoms with Gasteiger partial charge in [-0.15, -0.1) is 0 Å². The topological polar surface area (TPSA) is 59.0 Å². The number of rotatable bonds is 6. The third-order valence-electron chi connectivity index (χ3n) is 2.80. The normalized spacial score (nSPS) is 10.6. The van der Waals surface area contributed by atoms with E-state index < -0.39 is 0 Å². The summed E-state index contributed by atoms with van der Waals surface area (Å²) >= 11 is 0. The lowest BCUT2D eigenvalue weighted by molar-refractivity contribution is -0.120. The lowest BCUT2D eigenvalue weighted by atomic mass is 10.2. The number of hydrogen-bond donors (Lipinski definition) is 2. The summed E-state index contributed by atoms with van der Waals surface area (Å²) in [6.07, 6.45) is 3.81. The first-order valence-corrected chi connectivity index (χ1v) is 6.10. The van der Waals surface area contributed by atoms with E-state index in [4.69, 9.17) is 0 Å². The molecule has 0 aliphatic heterocycles. The second-order valence-electron chi connectivity index (χ2n) is 4.24. The van der Waals surface area contributed by atoms with Crippen LogP contribution in [0.3, 0.4) is 0 Å². The maximum atomic E-state index is 11.7. The van der Waals surface area contributed by atoms with Crippen molar-refractivity contribution in [2.45, 2.75) is 39.7 Å². The van der Waals surface area contributed by atoms with Gasteiger partial charge in [0.1, 0.15) is 0 Å². The Morgan fingerprint density at radius 1 is 1.47 bits per heavy atom. The molecule has 1 aromatic rings. The summed E-state index contributed by atoms with van der Waals surface area (Å²) in [6, 6.07) is 0.277. The summed E-state index contributed by atoms with van der Waals surface area (Å²) in [7, 11) is 1.86. The van der Waals surface area contributed by atoms with Crippen molar-refractivity contribution in [1.29, 1.82) is 0 Å². The van der Waals surface area contributed by atoms with Crippen LogP contribution in [0.25, 0.3) is 0 Å². The number of carbonyl (C=O) groups is 1. The molecule has 17 heavy (non-hydrogen) atoms. The highest BCUT2D eigenvalue weighted by molar-refractivity contribution is 5.81. The van der Waals surface area contributed by atoms with Crippen molar-refractivity contribution in [2.75, 3.05) is 11.9 Å². The third-order valence-corrected chi connectivity index (χ3v) is 2.80. The van der Waals surface area contributed by atoms with Gasteiger partial charge in [-0.05, 0) is 19.8 Å². The molecule has 1 amide bonds. The summed E-state index contributed by atoms with van der Waals surface area (Å²) in [6.45, 7) is 6.37. The van der Waals surface area contributed by atoms with Gasteiger partial charge in [-0.3, -0.25) is 9.48 Å². The zero-order chi connectivity index (χ0) is 12.8. The van der Waals surface area contributed by atoms with Crippen LogP contribution in [-0.2, 0) is 11.8 Å². The average molecular weight is 238 g/mol. The molecule has 0 radical (unpaired) electrons. The first-order valence-electron chi connectivity index (χ1n) is 6.10. The Bertz CT molecular complexity index is 369. The van der Waals surface area contributed by atoms with E-state index in [1.807, 2.05) is 20.2 Å². The molecule has 0 aliphatic rings. The van der Waals surface area contributed by atoms with Gasteiger partial charge in [0, 0.05) is 19.3 Å². The highest BCUT2D eigenvalue weighted by Crippen LogP contribution is 2.10. The molecule has 0 atom stereocenters. The Morgan fingerprint density at radius 3 is 2.59 bits per heavy atom. The number of carbonyl (C=O) groups excluding carboxylic acids is 1. The summed E-state index contributed by atoms with van der Waals surface area (Å²) in [5, 5.41) is 10.3. The molecule has 0 unspecified atom stereocenters. The molecule has 1 heterocycles. The predicted molar refractivity (Wildman–Crippen MR) is 68.9 cm³/mol. The second kappa shape index (κ2) is 6.27. The van der Waals surface area contributed by atoms with E-state index in [-0.39, 0.29) is 11.9 Å². The van der Waals surface area contributed by atoms with E-state index in [1.165, 1.54) is 0 Å². The van der Waals surface area contributed by atoms with Gasteiger partial charge in [-0.25, -0.2) is 0 Å². The van der Waals surface area contributed by atoms with E-state index >= 15 is 0 Å². The van der Waals surface area contributed by atoms with Crippen molar-refractivity contribution in [3.05, 3.63) is 11.9 Å². The maximum Gasteiger partial charge on any atom is 0.239 e. The van der Waals surface area contributed by atoms with Crippen LogP contribution in [0.2, 0.25) is 0 Å². The van der Waals surface area contributed by atoms with E-state index in [9.17, 15) is 4.79 Å². The molecule has 1 rings (SSSR count). The number of nitrogens with zero attached hydrogens (tertiary/aromatic N) is 2. The number of hydrogen-bond acceptors (Lipinski definition) is 3. The molecule has 2 N–H and O–H groups in total. The van der Waals surface area contributed by atoms with Gasteiger partial charge in [-0.1, -0.05) is 13.8 Å². The Kier molecular flexibility index (Phi) is 5.00. The fourth-order valence-corrected chi connectivity index (χ4v) is 1.72. The number of aromatic nitrogens is 2. The van der Waals surface area contributed by atoms with Gasteiger partial charge < -0.3 is 10.6 Å². The largest absolute Gasteiger partial charge is 0.373 e. The maximum absolute atomic E-state index is 11.7. The molecular formula is C12H22N4O. The van der Waals surface area contributed by atoms with Crippen LogP contribution in [-0.4, -0.2) is 28.3 Å². The standard InChI is InChI=1S/C12H22N4O/c1-5-10(6-2)14-12(17)7-13-11-8-16(4)15-9(11)3/h8,10,13H,5-7H2,1-4H3,(H,14,17). The summed E-state index contributed by atoms with van der Waals surface area (Å²) in [5.74, 6) is 0.0296. The lowest BCUT2D eigenvalue weighted by Crippen LogP contribution is -2.37. The van der Waals surface area contributed by atoms with E-state index in [0.29, 0.717) is 6.54 Å². The first-order chi connectivity index (χ1) is 8.06. The average Bonchev–Trinajstić information content (AvgIpc) is 2.62. The van der Waals surface area contributed by atoms with Crippen LogP contribution in [0.4, 0.5) is 5.69 Å². The van der Waals surface area contributed by atoms with Crippen LogP contribution in [0.5, 0.6) is 0 Å². The fourth-order valence-electron chi connectivity index (χ4n) is 1.72. The fraction of sp³-hybridized carbons (Fsp3) is 0.667. The van der Waals surface area contributed by atoms with Gasteiger partial charge in [0.25, 0.3) is 0 Å². The predicted octanol–water partition coefficient (Wildman–Crippen LogP) is 1.45. The van der Waals surface area contributed by atoms with E-state index in [0.717, 1.165) is 24.2 Å². The zero-order valence-electron chi connectivity index (χ0n) is 11.1. The molecule has 0 fully saturated rings. The molecule has 0 aliphatic carbocycles. The minimum Gasteiger partial charge on any atom is -0.373 e. The smallest absolute Gasteiger partial charge is 0.239 e. The third kappa shape index (κ3) is 4.09. The molecule has 0 spiro atoms. The van der Waals surface area contributed by atoms with Crippen LogP contribution in [0.15, 0.2) is 6.20 Å². The lowest BCUT2D eigenvalue weighted by Gasteiger charge is -2.14. The number of aryl methyl sites for hydroxylation is 2. The SMILES string of the molecule is CCC(CC)NC(=O)CNc1cn(C)nc1C. The van der Waals surface area contributed by atoms with Crippen molar-refractivity contribution in [1.82, 2.24) is 15.1 Å². The zero-order valence-corrected chi connectivity index (χ0v) is 11.1. The van der Waals surface area contributed by atoms with Gasteiger partial charge >= 0.3 is 0 Å². The second-order valence-corrected chi connectivity index (χ2v) is 4.24. The molecule has 0 bridgehead atoms. The molecule has 0 saturated heterocycles. The van der Waals surface area contributed by atoms with Crippen LogP contribution in [0.1, 0.15) is 32.4 Å². The summed E-state index contributed by atoms with van der Waals surface area (Å²) < 4.78 is 1.73.